The molecule has 1 amide bonds. The smallest absolute Gasteiger partial charge is 0.234 e. The van der Waals surface area contributed by atoms with Gasteiger partial charge in [0.05, 0.1) is 0 Å². The Hall–Kier alpha value is -1.22. The predicted molar refractivity (Wildman–Crippen MR) is 72.8 cm³/mol. The summed E-state index contributed by atoms with van der Waals surface area (Å²) in [6.45, 7) is 6.51. The van der Waals surface area contributed by atoms with Gasteiger partial charge in [0.2, 0.25) is 5.91 Å². The first-order chi connectivity index (χ1) is 8.17. The predicted octanol–water partition coefficient (Wildman–Crippen LogP) is 2.18. The number of hydrogen-bond acceptors (Lipinski definition) is 2. The molecule has 0 radical (unpaired) electrons. The van der Waals surface area contributed by atoms with Gasteiger partial charge in [0.25, 0.3) is 0 Å². The molecule has 0 bridgehead atoms. The highest BCUT2D eigenvalue weighted by atomic mass is 35.5. The molecule has 0 saturated carbocycles. The highest BCUT2D eigenvalue weighted by Gasteiger charge is 2.04. The minimum absolute atomic E-state index is 0.0244. The van der Waals surface area contributed by atoms with E-state index in [1.54, 1.807) is 0 Å². The van der Waals surface area contributed by atoms with Crippen LogP contribution in [-0.2, 0) is 4.79 Å². The Morgan fingerprint density at radius 1 is 1.47 bits per heavy atom. The van der Waals surface area contributed by atoms with Crippen molar-refractivity contribution in [2.24, 2.45) is 0 Å². The van der Waals surface area contributed by atoms with Crippen molar-refractivity contribution in [3.05, 3.63) is 29.8 Å². The van der Waals surface area contributed by atoms with Crippen molar-refractivity contribution >= 4 is 23.2 Å². The highest BCUT2D eigenvalue weighted by molar-refractivity contribution is 6.27. The van der Waals surface area contributed by atoms with Gasteiger partial charge in [-0.1, -0.05) is 12.1 Å². The van der Waals surface area contributed by atoms with Crippen molar-refractivity contribution in [3.63, 3.8) is 0 Å². The van der Waals surface area contributed by atoms with Crippen LogP contribution in [0.1, 0.15) is 12.5 Å². The molecule has 0 saturated heterocycles. The number of halogens is 1. The minimum atomic E-state index is -0.119. The average Bonchev–Trinajstić information content (AvgIpc) is 2.34. The highest BCUT2D eigenvalue weighted by Crippen LogP contribution is 2.14. The molecule has 0 aliphatic rings. The van der Waals surface area contributed by atoms with Crippen LogP contribution in [0, 0.1) is 6.92 Å². The van der Waals surface area contributed by atoms with E-state index in [0.29, 0.717) is 6.54 Å². The van der Waals surface area contributed by atoms with Crippen LogP contribution in [0.5, 0.6) is 0 Å². The summed E-state index contributed by atoms with van der Waals surface area (Å²) in [5.74, 6) is -0.0942. The van der Waals surface area contributed by atoms with Gasteiger partial charge in [-0.2, -0.15) is 0 Å². The fraction of sp³-hybridized carbons (Fsp3) is 0.462. The number of benzene rings is 1. The molecule has 4 heteroatoms. The van der Waals surface area contributed by atoms with Gasteiger partial charge in [0, 0.05) is 25.3 Å². The second-order valence-corrected chi connectivity index (χ2v) is 4.17. The SMILES string of the molecule is CCN(CCNC(=O)CCl)c1cccc(C)c1. The van der Waals surface area contributed by atoms with Gasteiger partial charge < -0.3 is 10.2 Å². The van der Waals surface area contributed by atoms with Crippen LogP contribution in [0.25, 0.3) is 0 Å². The number of amides is 1. The van der Waals surface area contributed by atoms with Crippen LogP contribution in [0.3, 0.4) is 0 Å². The molecular formula is C13H19ClN2O. The number of likely N-dealkylation sites (N-methyl/N-ethyl adjacent to an activating group) is 1. The normalized spacial score (nSPS) is 10.1. The van der Waals surface area contributed by atoms with Crippen LogP contribution in [0.2, 0.25) is 0 Å². The number of alkyl halides is 1. The van der Waals surface area contributed by atoms with E-state index in [4.69, 9.17) is 11.6 Å². The standard InChI is InChI=1S/C13H19ClN2O/c1-3-16(8-7-15-13(17)10-14)12-6-4-5-11(2)9-12/h4-6,9H,3,7-8,10H2,1-2H3,(H,15,17). The number of anilines is 1. The maximum Gasteiger partial charge on any atom is 0.234 e. The van der Waals surface area contributed by atoms with Crippen molar-refractivity contribution in [2.75, 3.05) is 30.4 Å². The van der Waals surface area contributed by atoms with E-state index in [9.17, 15) is 4.79 Å². The molecule has 1 N–H and O–H groups in total. The Bertz CT molecular complexity index is 368. The molecule has 0 unspecified atom stereocenters. The van der Waals surface area contributed by atoms with Crippen LogP contribution in [0.4, 0.5) is 5.69 Å². The third kappa shape index (κ3) is 4.65. The van der Waals surface area contributed by atoms with E-state index in [2.05, 4.69) is 42.3 Å². The molecule has 0 aliphatic heterocycles. The van der Waals surface area contributed by atoms with Gasteiger partial charge in [0.1, 0.15) is 5.88 Å². The Balaban J connectivity index is 2.51. The monoisotopic (exact) mass is 254 g/mol. The average molecular weight is 255 g/mol. The van der Waals surface area contributed by atoms with E-state index in [1.807, 2.05) is 6.07 Å². The molecule has 1 aromatic carbocycles. The molecule has 0 fully saturated rings. The van der Waals surface area contributed by atoms with Gasteiger partial charge in [-0.25, -0.2) is 0 Å². The van der Waals surface area contributed by atoms with Crippen LogP contribution < -0.4 is 10.2 Å². The fourth-order valence-corrected chi connectivity index (χ4v) is 1.77. The molecule has 3 nitrogen and oxygen atoms in total. The fourth-order valence-electron chi connectivity index (χ4n) is 1.67. The summed E-state index contributed by atoms with van der Waals surface area (Å²) in [6.07, 6.45) is 0. The molecule has 1 rings (SSSR count). The van der Waals surface area contributed by atoms with E-state index in [1.165, 1.54) is 11.3 Å². The Labute approximate surface area is 108 Å². The molecule has 17 heavy (non-hydrogen) atoms. The van der Waals surface area contributed by atoms with Crippen molar-refractivity contribution in [1.29, 1.82) is 0 Å². The third-order valence-corrected chi connectivity index (χ3v) is 2.82. The molecule has 0 spiro atoms. The quantitative estimate of drug-likeness (QED) is 0.790. The van der Waals surface area contributed by atoms with E-state index in [0.717, 1.165) is 13.1 Å². The molecule has 0 heterocycles. The zero-order chi connectivity index (χ0) is 12.7. The number of carbonyl (C=O) groups excluding carboxylic acids is 1. The maximum absolute atomic E-state index is 11.0. The number of nitrogens with zero attached hydrogens (tertiary/aromatic N) is 1. The van der Waals surface area contributed by atoms with Gasteiger partial charge >= 0.3 is 0 Å². The van der Waals surface area contributed by atoms with Crippen molar-refractivity contribution in [3.8, 4) is 0 Å². The lowest BCUT2D eigenvalue weighted by molar-refractivity contribution is -0.118. The van der Waals surface area contributed by atoms with Crippen LogP contribution >= 0.6 is 11.6 Å². The largest absolute Gasteiger partial charge is 0.370 e. The molecule has 0 atom stereocenters. The summed E-state index contributed by atoms with van der Waals surface area (Å²) in [7, 11) is 0. The lowest BCUT2D eigenvalue weighted by atomic mass is 10.2. The number of hydrogen-bond donors (Lipinski definition) is 1. The summed E-state index contributed by atoms with van der Waals surface area (Å²) in [5, 5.41) is 2.77. The first-order valence-corrected chi connectivity index (χ1v) is 6.35. The van der Waals surface area contributed by atoms with Crippen molar-refractivity contribution in [1.82, 2.24) is 5.32 Å². The summed E-state index contributed by atoms with van der Waals surface area (Å²) in [4.78, 5) is 13.2. The van der Waals surface area contributed by atoms with Crippen LogP contribution in [-0.4, -0.2) is 31.4 Å². The van der Waals surface area contributed by atoms with E-state index in [-0.39, 0.29) is 11.8 Å². The lowest BCUT2D eigenvalue weighted by Gasteiger charge is -2.23. The second kappa shape index (κ2) is 7.17. The maximum atomic E-state index is 11.0. The molecule has 0 aromatic heterocycles. The number of aryl methyl sites for hydroxylation is 1. The number of nitrogens with one attached hydrogen (secondary N) is 1. The zero-order valence-corrected chi connectivity index (χ0v) is 11.1. The minimum Gasteiger partial charge on any atom is -0.370 e. The zero-order valence-electron chi connectivity index (χ0n) is 10.4. The second-order valence-electron chi connectivity index (χ2n) is 3.90. The van der Waals surface area contributed by atoms with E-state index < -0.39 is 0 Å². The topological polar surface area (TPSA) is 32.3 Å². The Morgan fingerprint density at radius 2 is 2.24 bits per heavy atom. The lowest BCUT2D eigenvalue weighted by Crippen LogP contribution is -2.35. The first-order valence-electron chi connectivity index (χ1n) is 5.81. The van der Waals surface area contributed by atoms with Gasteiger partial charge in [-0.15, -0.1) is 11.6 Å². The first kappa shape index (κ1) is 13.8. The third-order valence-electron chi connectivity index (χ3n) is 2.57. The van der Waals surface area contributed by atoms with Crippen molar-refractivity contribution in [2.45, 2.75) is 13.8 Å². The van der Waals surface area contributed by atoms with Gasteiger partial charge in [-0.3, -0.25) is 4.79 Å². The molecule has 94 valence electrons. The van der Waals surface area contributed by atoms with Crippen LogP contribution in [0.15, 0.2) is 24.3 Å². The Kier molecular flexibility index (Phi) is 5.84. The molecule has 1 aromatic rings. The summed E-state index contributed by atoms with van der Waals surface area (Å²) >= 11 is 5.41. The van der Waals surface area contributed by atoms with Crippen molar-refractivity contribution < 1.29 is 4.79 Å². The number of carbonyl (C=O) groups is 1. The Morgan fingerprint density at radius 3 is 2.82 bits per heavy atom. The van der Waals surface area contributed by atoms with E-state index >= 15 is 0 Å². The summed E-state index contributed by atoms with van der Waals surface area (Å²) in [5.41, 5.74) is 2.43. The molecular weight excluding hydrogens is 236 g/mol. The summed E-state index contributed by atoms with van der Waals surface area (Å²) in [6, 6.07) is 8.35. The molecule has 0 aliphatic carbocycles. The van der Waals surface area contributed by atoms with Gasteiger partial charge in [0.15, 0.2) is 0 Å². The summed E-state index contributed by atoms with van der Waals surface area (Å²) < 4.78 is 0. The number of rotatable bonds is 6. The van der Waals surface area contributed by atoms with Gasteiger partial charge in [-0.05, 0) is 31.5 Å².